The number of carbonyl (C=O) groups is 3. The first-order chi connectivity index (χ1) is 18.9. The average molecular weight is 647 g/mol. The molecule has 206 valence electrons. The smallest absolute Gasteiger partial charge is 0.339 e. The van der Waals surface area contributed by atoms with Gasteiger partial charge in [-0.05, 0) is 60.7 Å². The SMILES string of the molecule is COc1cc(/C=C2\SC(=O)N(CC(=O)c3ccc(Br)cc3)C2=O)ccc1OS(=O)(=O)c1ccc(C)c([N+](=O)[O-])c1. The van der Waals surface area contributed by atoms with E-state index in [1.54, 1.807) is 24.3 Å². The van der Waals surface area contributed by atoms with Crippen LogP contribution in [-0.4, -0.2) is 48.8 Å². The zero-order chi connectivity index (χ0) is 29.2. The van der Waals surface area contributed by atoms with Gasteiger partial charge in [-0.2, -0.15) is 8.42 Å². The molecule has 14 heteroatoms. The molecule has 11 nitrogen and oxygen atoms in total. The molecule has 0 radical (unpaired) electrons. The van der Waals surface area contributed by atoms with Crippen LogP contribution in [0.5, 0.6) is 11.5 Å². The number of nitro groups is 1. The maximum atomic E-state index is 12.9. The summed E-state index contributed by atoms with van der Waals surface area (Å²) in [6.07, 6.45) is 1.40. The highest BCUT2D eigenvalue weighted by Crippen LogP contribution is 2.36. The van der Waals surface area contributed by atoms with Crippen LogP contribution in [0.3, 0.4) is 0 Å². The van der Waals surface area contributed by atoms with Gasteiger partial charge in [-0.1, -0.05) is 40.2 Å². The zero-order valence-corrected chi connectivity index (χ0v) is 24.0. The molecule has 0 saturated carbocycles. The van der Waals surface area contributed by atoms with Crippen molar-refractivity contribution in [2.24, 2.45) is 0 Å². The highest BCUT2D eigenvalue weighted by atomic mass is 79.9. The summed E-state index contributed by atoms with van der Waals surface area (Å²) in [5.74, 6) is -1.26. The molecule has 40 heavy (non-hydrogen) atoms. The minimum atomic E-state index is -4.46. The van der Waals surface area contributed by atoms with Gasteiger partial charge in [0, 0.05) is 21.7 Å². The molecule has 0 atom stereocenters. The summed E-state index contributed by atoms with van der Waals surface area (Å²) in [4.78, 5) is 48.9. The summed E-state index contributed by atoms with van der Waals surface area (Å²) in [5, 5.41) is 10.6. The van der Waals surface area contributed by atoms with E-state index in [0.29, 0.717) is 22.9 Å². The number of Topliss-reactive ketones (excluding diaryl/α,β-unsaturated/α-hetero) is 1. The van der Waals surface area contributed by atoms with E-state index >= 15 is 0 Å². The molecule has 1 aliphatic rings. The van der Waals surface area contributed by atoms with Gasteiger partial charge in [-0.25, -0.2) is 0 Å². The second-order valence-corrected chi connectivity index (χ2v) is 11.8. The first-order valence-electron chi connectivity index (χ1n) is 11.3. The molecule has 1 fully saturated rings. The molecule has 0 aliphatic carbocycles. The zero-order valence-electron chi connectivity index (χ0n) is 20.8. The van der Waals surface area contributed by atoms with Gasteiger partial charge in [-0.3, -0.25) is 29.4 Å². The number of methoxy groups -OCH3 is 1. The molecule has 3 aromatic carbocycles. The van der Waals surface area contributed by atoms with E-state index in [1.165, 1.54) is 50.4 Å². The van der Waals surface area contributed by atoms with E-state index in [-0.39, 0.29) is 27.7 Å². The number of imide groups is 1. The number of ketones is 1. The number of benzene rings is 3. The first kappa shape index (κ1) is 29.0. The van der Waals surface area contributed by atoms with Crippen LogP contribution in [0.15, 0.2) is 74.9 Å². The van der Waals surface area contributed by atoms with Gasteiger partial charge >= 0.3 is 10.1 Å². The lowest BCUT2D eigenvalue weighted by Gasteiger charge is -2.12. The third-order valence-corrected chi connectivity index (χ3v) is 8.36. The predicted molar refractivity (Wildman–Crippen MR) is 150 cm³/mol. The lowest BCUT2D eigenvalue weighted by atomic mass is 10.1. The largest absolute Gasteiger partial charge is 0.493 e. The van der Waals surface area contributed by atoms with E-state index in [1.807, 2.05) is 0 Å². The molecule has 0 bridgehead atoms. The molecule has 4 rings (SSSR count). The van der Waals surface area contributed by atoms with E-state index in [2.05, 4.69) is 15.9 Å². The van der Waals surface area contributed by atoms with E-state index in [4.69, 9.17) is 8.92 Å². The molecule has 0 aromatic heterocycles. The van der Waals surface area contributed by atoms with Crippen molar-refractivity contribution in [3.8, 4) is 11.5 Å². The topological polar surface area (TPSA) is 150 Å². The monoisotopic (exact) mass is 646 g/mol. The fourth-order valence-electron chi connectivity index (χ4n) is 3.61. The fourth-order valence-corrected chi connectivity index (χ4v) is 5.67. The number of ether oxygens (including phenoxy) is 1. The standard InChI is InChI=1S/C26H19BrN2O9S2/c1-15-3-9-19(13-20(15)29(33)34)40(35,36)38-22-10-4-16(11-23(22)37-2)12-24-25(31)28(26(32)39-24)14-21(30)17-5-7-18(27)8-6-17/h3-13H,14H2,1-2H3/b24-12-. The Morgan fingerprint density at radius 1 is 1.07 bits per heavy atom. The van der Waals surface area contributed by atoms with Crippen LogP contribution in [0.4, 0.5) is 10.5 Å². The van der Waals surface area contributed by atoms with Crippen LogP contribution in [0.2, 0.25) is 0 Å². The van der Waals surface area contributed by atoms with Crippen molar-refractivity contribution in [1.29, 1.82) is 0 Å². The number of hydrogen-bond donors (Lipinski definition) is 0. The van der Waals surface area contributed by atoms with Crippen molar-refractivity contribution < 1.29 is 36.6 Å². The predicted octanol–water partition coefficient (Wildman–Crippen LogP) is 5.36. The number of thioether (sulfide) groups is 1. The van der Waals surface area contributed by atoms with Crippen molar-refractivity contribution in [2.45, 2.75) is 11.8 Å². The fraction of sp³-hybridized carbons (Fsp3) is 0.115. The normalized spacial score (nSPS) is 14.5. The summed E-state index contributed by atoms with van der Waals surface area (Å²) in [6.45, 7) is 1.06. The van der Waals surface area contributed by atoms with Gasteiger partial charge in [0.15, 0.2) is 17.3 Å². The van der Waals surface area contributed by atoms with Crippen molar-refractivity contribution in [2.75, 3.05) is 13.7 Å². The Morgan fingerprint density at radius 2 is 1.77 bits per heavy atom. The maximum Gasteiger partial charge on any atom is 0.339 e. The van der Waals surface area contributed by atoms with Crippen molar-refractivity contribution in [3.63, 3.8) is 0 Å². The van der Waals surface area contributed by atoms with Crippen LogP contribution in [0.1, 0.15) is 21.5 Å². The van der Waals surface area contributed by atoms with Crippen LogP contribution in [-0.2, 0) is 14.9 Å². The van der Waals surface area contributed by atoms with Crippen LogP contribution >= 0.6 is 27.7 Å². The van der Waals surface area contributed by atoms with E-state index < -0.39 is 43.4 Å². The molecule has 0 N–H and O–H groups in total. The lowest BCUT2D eigenvalue weighted by Crippen LogP contribution is -2.33. The van der Waals surface area contributed by atoms with Crippen LogP contribution in [0.25, 0.3) is 6.08 Å². The Labute approximate surface area is 241 Å². The van der Waals surface area contributed by atoms with Gasteiger partial charge in [-0.15, -0.1) is 0 Å². The number of nitrogens with zero attached hydrogens (tertiary/aromatic N) is 2. The number of hydrogen-bond acceptors (Lipinski definition) is 10. The Kier molecular flexibility index (Phi) is 8.42. The number of nitro benzene ring substituents is 1. The minimum Gasteiger partial charge on any atom is -0.493 e. The van der Waals surface area contributed by atoms with E-state index in [0.717, 1.165) is 15.4 Å². The number of carbonyl (C=O) groups excluding carboxylic acids is 3. The quantitative estimate of drug-likeness (QED) is 0.0976. The van der Waals surface area contributed by atoms with Gasteiger partial charge in [0.05, 0.1) is 23.5 Å². The molecule has 3 aromatic rings. The minimum absolute atomic E-state index is 0.0106. The highest BCUT2D eigenvalue weighted by molar-refractivity contribution is 9.10. The lowest BCUT2D eigenvalue weighted by molar-refractivity contribution is -0.385. The molecule has 1 saturated heterocycles. The first-order valence-corrected chi connectivity index (χ1v) is 14.3. The molecule has 0 unspecified atom stereocenters. The Morgan fingerprint density at radius 3 is 2.42 bits per heavy atom. The van der Waals surface area contributed by atoms with Crippen molar-refractivity contribution >= 4 is 66.5 Å². The van der Waals surface area contributed by atoms with Gasteiger partial charge in [0.1, 0.15) is 4.90 Å². The Hall–Kier alpha value is -4.01. The molecule has 1 aliphatic heterocycles. The van der Waals surface area contributed by atoms with Gasteiger partial charge < -0.3 is 8.92 Å². The van der Waals surface area contributed by atoms with Gasteiger partial charge in [0.25, 0.3) is 16.8 Å². The number of rotatable bonds is 9. The summed E-state index contributed by atoms with van der Waals surface area (Å²) in [5.41, 5.74) is 0.645. The number of halogens is 1. The highest BCUT2D eigenvalue weighted by Gasteiger charge is 2.36. The van der Waals surface area contributed by atoms with Crippen molar-refractivity contribution in [1.82, 2.24) is 4.90 Å². The summed E-state index contributed by atoms with van der Waals surface area (Å²) in [7, 11) is -3.18. The van der Waals surface area contributed by atoms with E-state index in [9.17, 15) is 32.9 Å². The molecule has 0 spiro atoms. The summed E-state index contributed by atoms with van der Waals surface area (Å²) in [6, 6.07) is 14.0. The third-order valence-electron chi connectivity index (χ3n) is 5.69. The second kappa shape index (κ2) is 11.6. The second-order valence-electron chi connectivity index (χ2n) is 8.35. The average Bonchev–Trinajstić information content (AvgIpc) is 3.16. The van der Waals surface area contributed by atoms with Crippen LogP contribution in [0, 0.1) is 17.0 Å². The van der Waals surface area contributed by atoms with Crippen molar-refractivity contribution in [3.05, 3.63) is 96.8 Å². The molecular weight excluding hydrogens is 628 g/mol. The summed E-state index contributed by atoms with van der Waals surface area (Å²) < 4.78 is 36.8. The van der Waals surface area contributed by atoms with Gasteiger partial charge in [0.2, 0.25) is 0 Å². The Bertz CT molecular complexity index is 1690. The summed E-state index contributed by atoms with van der Waals surface area (Å²) >= 11 is 3.94. The maximum absolute atomic E-state index is 12.9. The Balaban J connectivity index is 1.54. The number of aryl methyl sites for hydroxylation is 1. The molecule has 1 heterocycles. The van der Waals surface area contributed by atoms with Crippen LogP contribution < -0.4 is 8.92 Å². The molecule has 2 amide bonds. The third kappa shape index (κ3) is 6.24. The molecular formula is C26H19BrN2O9S2. The number of amides is 2.